The molecule has 0 spiro atoms. The van der Waals surface area contributed by atoms with Crippen LogP contribution >= 0.6 is 0 Å². The predicted molar refractivity (Wildman–Crippen MR) is 45.6 cm³/mol. The summed E-state index contributed by atoms with van der Waals surface area (Å²) in [4.78, 5) is 9.98. The van der Waals surface area contributed by atoms with Crippen LogP contribution in [0, 0.1) is 0 Å². The number of carbonyl (C=O) groups excluding carboxylic acids is 1. The smallest absolute Gasteiger partial charge is 0.302 e. The van der Waals surface area contributed by atoms with Crippen molar-refractivity contribution >= 4 is 5.97 Å². The van der Waals surface area contributed by atoms with Gasteiger partial charge in [0.15, 0.2) is 0 Å². The van der Waals surface area contributed by atoms with Crippen LogP contribution in [0.25, 0.3) is 0 Å². The average molecular weight is 170 g/mol. The second-order valence-electron chi connectivity index (χ2n) is 2.13. The normalized spacial score (nSPS) is 8.17. The zero-order chi connectivity index (χ0) is 9.23. The minimum Gasteiger partial charge on any atom is -0.473 e. The molecule has 12 heavy (non-hydrogen) atoms. The average Bonchev–Trinajstić information content (AvgIpc) is 2.57. The first-order chi connectivity index (χ1) is 5.77. The number of carbonyl (C=O) groups is 1. The molecule has 0 aromatic carbocycles. The van der Waals surface area contributed by atoms with E-state index in [-0.39, 0.29) is 5.97 Å². The Kier molecular flexibility index (Phi) is 7.03. The summed E-state index contributed by atoms with van der Waals surface area (Å²) in [5.41, 5.74) is 0. The molecule has 0 saturated carbocycles. The molecule has 0 atom stereocenters. The molecule has 3 nitrogen and oxygen atoms in total. The highest BCUT2D eigenvalue weighted by Gasteiger charge is 1.85. The summed E-state index contributed by atoms with van der Waals surface area (Å²) < 4.78 is 9.14. The first-order valence-electron chi connectivity index (χ1n) is 3.88. The van der Waals surface area contributed by atoms with Gasteiger partial charge >= 0.3 is 5.97 Å². The number of hydrogen-bond acceptors (Lipinski definition) is 3. The summed E-state index contributed by atoms with van der Waals surface area (Å²) in [6.45, 7) is 3.92. The maximum atomic E-state index is 9.98. The summed E-state index contributed by atoms with van der Waals surface area (Å²) in [6, 6.07) is 3.67. The van der Waals surface area contributed by atoms with Gasteiger partial charge in [-0.25, -0.2) is 0 Å². The van der Waals surface area contributed by atoms with E-state index in [0.717, 1.165) is 6.42 Å². The van der Waals surface area contributed by atoms with Gasteiger partial charge in [0.1, 0.15) is 0 Å². The van der Waals surface area contributed by atoms with Gasteiger partial charge in [-0.2, -0.15) is 0 Å². The molecule has 0 aliphatic rings. The Hall–Kier alpha value is -1.25. The molecular weight excluding hydrogens is 156 g/mol. The van der Waals surface area contributed by atoms with E-state index in [1.165, 1.54) is 6.92 Å². The van der Waals surface area contributed by atoms with Crippen molar-refractivity contribution in [1.82, 2.24) is 0 Å². The topological polar surface area (TPSA) is 39.4 Å². The first kappa shape index (κ1) is 10.8. The summed E-state index contributed by atoms with van der Waals surface area (Å²) in [6.07, 6.45) is 4.15. The second kappa shape index (κ2) is 7.85. The number of esters is 1. The molecule has 68 valence electrons. The van der Waals surface area contributed by atoms with Crippen LogP contribution in [0.3, 0.4) is 0 Å². The molecular formula is C9H14O3. The zero-order valence-corrected chi connectivity index (χ0v) is 7.45. The molecule has 0 aliphatic heterocycles. The molecule has 0 amide bonds. The number of hydrogen-bond donors (Lipinski definition) is 0. The predicted octanol–water partition coefficient (Wildman–Crippen LogP) is 2.24. The van der Waals surface area contributed by atoms with Gasteiger partial charge in [0.25, 0.3) is 0 Å². The van der Waals surface area contributed by atoms with E-state index in [2.05, 4.69) is 9.15 Å². The van der Waals surface area contributed by atoms with Crippen LogP contribution in [-0.2, 0) is 9.53 Å². The lowest BCUT2D eigenvalue weighted by molar-refractivity contribution is -0.140. The number of ether oxygens (including phenoxy) is 1. The van der Waals surface area contributed by atoms with E-state index in [1.54, 1.807) is 12.5 Å². The fraction of sp³-hybridized carbons (Fsp3) is 0.444. The number of rotatable bonds is 2. The van der Waals surface area contributed by atoms with Crippen LogP contribution in [0.5, 0.6) is 0 Å². The van der Waals surface area contributed by atoms with Crippen LogP contribution in [0.4, 0.5) is 0 Å². The van der Waals surface area contributed by atoms with Gasteiger partial charge in [0, 0.05) is 6.92 Å². The maximum Gasteiger partial charge on any atom is 0.302 e. The third kappa shape index (κ3) is 8.75. The van der Waals surface area contributed by atoms with Crippen LogP contribution < -0.4 is 0 Å². The van der Waals surface area contributed by atoms with Crippen LogP contribution in [0.2, 0.25) is 0 Å². The Labute approximate surface area is 72.3 Å². The quantitative estimate of drug-likeness (QED) is 0.639. The van der Waals surface area contributed by atoms with Gasteiger partial charge < -0.3 is 9.15 Å². The van der Waals surface area contributed by atoms with Gasteiger partial charge in [-0.05, 0) is 18.6 Å². The van der Waals surface area contributed by atoms with E-state index in [9.17, 15) is 4.79 Å². The van der Waals surface area contributed by atoms with Crippen LogP contribution in [-0.4, -0.2) is 12.6 Å². The standard InChI is InChI=1S/C5H10O2.C4H4O/c1-3-4-7-5(2)6;1-2-4-5-3-1/h3-4H2,1-2H3;1-4H. The largest absolute Gasteiger partial charge is 0.473 e. The van der Waals surface area contributed by atoms with E-state index < -0.39 is 0 Å². The molecule has 0 saturated heterocycles. The van der Waals surface area contributed by atoms with Gasteiger partial charge in [-0.1, -0.05) is 6.92 Å². The molecule has 0 aliphatic carbocycles. The Bertz CT molecular complexity index is 162. The molecule has 0 fully saturated rings. The third-order valence-electron chi connectivity index (χ3n) is 0.935. The fourth-order valence-electron chi connectivity index (χ4n) is 0.473. The van der Waals surface area contributed by atoms with Gasteiger partial charge in [-0.15, -0.1) is 0 Å². The van der Waals surface area contributed by atoms with Crippen molar-refractivity contribution in [2.24, 2.45) is 0 Å². The van der Waals surface area contributed by atoms with Crippen molar-refractivity contribution in [3.05, 3.63) is 24.7 Å². The summed E-state index contributed by atoms with van der Waals surface area (Å²) in [5.74, 6) is -0.193. The number of furan rings is 1. The van der Waals surface area contributed by atoms with Crippen molar-refractivity contribution in [3.8, 4) is 0 Å². The molecule has 0 bridgehead atoms. The van der Waals surface area contributed by atoms with Crippen LogP contribution in [0.15, 0.2) is 29.1 Å². The first-order valence-corrected chi connectivity index (χ1v) is 3.88. The molecule has 0 N–H and O–H groups in total. The molecule has 1 aromatic heterocycles. The highest BCUT2D eigenvalue weighted by molar-refractivity contribution is 5.65. The Morgan fingerprint density at radius 1 is 1.42 bits per heavy atom. The molecule has 0 unspecified atom stereocenters. The minimum absolute atomic E-state index is 0.193. The van der Waals surface area contributed by atoms with Gasteiger partial charge in [0.05, 0.1) is 19.1 Å². The van der Waals surface area contributed by atoms with E-state index in [1.807, 2.05) is 19.1 Å². The molecule has 3 heteroatoms. The molecule has 1 aromatic rings. The molecule has 0 radical (unpaired) electrons. The highest BCUT2D eigenvalue weighted by Crippen LogP contribution is 1.79. The summed E-state index contributed by atoms with van der Waals surface area (Å²) in [5, 5.41) is 0. The van der Waals surface area contributed by atoms with Gasteiger partial charge in [0.2, 0.25) is 0 Å². The SMILES string of the molecule is CCCOC(C)=O.c1ccoc1. The van der Waals surface area contributed by atoms with Crippen molar-refractivity contribution in [3.63, 3.8) is 0 Å². The highest BCUT2D eigenvalue weighted by atomic mass is 16.5. The third-order valence-corrected chi connectivity index (χ3v) is 0.935. The zero-order valence-electron chi connectivity index (χ0n) is 7.45. The second-order valence-corrected chi connectivity index (χ2v) is 2.13. The Morgan fingerprint density at radius 3 is 2.17 bits per heavy atom. The lowest BCUT2D eigenvalue weighted by Crippen LogP contribution is -1.98. The Balaban J connectivity index is 0.000000211. The fourth-order valence-corrected chi connectivity index (χ4v) is 0.473. The van der Waals surface area contributed by atoms with E-state index in [0.29, 0.717) is 6.61 Å². The van der Waals surface area contributed by atoms with Gasteiger partial charge in [-0.3, -0.25) is 4.79 Å². The summed E-state index contributed by atoms with van der Waals surface area (Å²) in [7, 11) is 0. The van der Waals surface area contributed by atoms with E-state index >= 15 is 0 Å². The molecule has 1 rings (SSSR count). The monoisotopic (exact) mass is 170 g/mol. The molecule has 1 heterocycles. The lowest BCUT2D eigenvalue weighted by atomic mass is 10.5. The van der Waals surface area contributed by atoms with Crippen LogP contribution in [0.1, 0.15) is 20.3 Å². The summed E-state index contributed by atoms with van der Waals surface area (Å²) >= 11 is 0. The van der Waals surface area contributed by atoms with Crippen molar-refractivity contribution < 1.29 is 13.9 Å². The van der Waals surface area contributed by atoms with E-state index in [4.69, 9.17) is 0 Å². The van der Waals surface area contributed by atoms with Crippen molar-refractivity contribution in [2.75, 3.05) is 6.61 Å². The van der Waals surface area contributed by atoms with Crippen molar-refractivity contribution in [1.29, 1.82) is 0 Å². The Morgan fingerprint density at radius 2 is 2.00 bits per heavy atom. The van der Waals surface area contributed by atoms with Crippen molar-refractivity contribution in [2.45, 2.75) is 20.3 Å². The lowest BCUT2D eigenvalue weighted by Gasteiger charge is -1.93. The maximum absolute atomic E-state index is 9.98. The minimum atomic E-state index is -0.193.